The third kappa shape index (κ3) is 3.67. The van der Waals surface area contributed by atoms with Crippen LogP contribution in [0, 0.1) is 5.41 Å². The fourth-order valence-corrected chi connectivity index (χ4v) is 7.26. The van der Waals surface area contributed by atoms with E-state index in [9.17, 15) is 13.2 Å². The van der Waals surface area contributed by atoms with Crippen LogP contribution >= 0.6 is 11.8 Å². The van der Waals surface area contributed by atoms with Crippen molar-refractivity contribution in [2.45, 2.75) is 38.6 Å². The van der Waals surface area contributed by atoms with E-state index in [4.69, 9.17) is 9.47 Å². The van der Waals surface area contributed by atoms with Gasteiger partial charge in [0.1, 0.15) is 0 Å². The predicted molar refractivity (Wildman–Crippen MR) is 104 cm³/mol. The normalized spacial score (nSPS) is 27.2. The molecule has 1 aromatic carbocycles. The summed E-state index contributed by atoms with van der Waals surface area (Å²) in [5.41, 5.74) is 0.377. The van der Waals surface area contributed by atoms with Crippen LogP contribution in [-0.4, -0.2) is 54.0 Å². The van der Waals surface area contributed by atoms with E-state index in [1.807, 2.05) is 43.9 Å². The highest BCUT2D eigenvalue weighted by molar-refractivity contribution is 8.15. The molecule has 3 aliphatic rings. The number of carbonyl (C=O) groups is 1. The molecule has 7 nitrogen and oxygen atoms in total. The highest BCUT2D eigenvalue weighted by atomic mass is 32.2. The Morgan fingerprint density at radius 1 is 1.26 bits per heavy atom. The second-order valence-electron chi connectivity index (χ2n) is 8.07. The van der Waals surface area contributed by atoms with Crippen LogP contribution in [0.4, 0.5) is 0 Å². The number of amidine groups is 1. The van der Waals surface area contributed by atoms with Crippen molar-refractivity contribution in [3.8, 4) is 11.5 Å². The van der Waals surface area contributed by atoms with Gasteiger partial charge < -0.3 is 14.4 Å². The zero-order chi connectivity index (χ0) is 19.4. The first-order chi connectivity index (χ1) is 12.6. The molecule has 0 aromatic heterocycles. The molecular weight excluding hydrogens is 388 g/mol. The molecule has 4 rings (SSSR count). The van der Waals surface area contributed by atoms with Gasteiger partial charge in [0.15, 0.2) is 26.5 Å². The van der Waals surface area contributed by atoms with Crippen LogP contribution in [0.5, 0.6) is 11.5 Å². The molecule has 0 aliphatic carbocycles. The molecule has 2 fully saturated rings. The lowest BCUT2D eigenvalue weighted by molar-refractivity contribution is -0.124. The van der Waals surface area contributed by atoms with Gasteiger partial charge >= 0.3 is 0 Å². The molecule has 0 bridgehead atoms. The number of nitrogens with zero attached hydrogens (tertiary/aromatic N) is 2. The number of rotatable bonds is 2. The number of hydrogen-bond acceptors (Lipinski definition) is 6. The molecule has 2 saturated heterocycles. The third-order valence-electron chi connectivity index (χ3n) is 4.80. The molecule has 146 valence electrons. The summed E-state index contributed by atoms with van der Waals surface area (Å²) in [6, 6.07) is 5.50. The molecule has 0 spiro atoms. The topological polar surface area (TPSA) is 85.3 Å². The lowest BCUT2D eigenvalue weighted by atomic mass is 9.96. The number of carbonyl (C=O) groups excluding carboxylic acids is 1. The van der Waals surface area contributed by atoms with Gasteiger partial charge in [-0.15, -0.1) is 0 Å². The molecule has 3 heterocycles. The minimum atomic E-state index is -3.07. The summed E-state index contributed by atoms with van der Waals surface area (Å²) >= 11 is 1.40. The van der Waals surface area contributed by atoms with E-state index in [1.54, 1.807) is 0 Å². The maximum absolute atomic E-state index is 12.4. The van der Waals surface area contributed by atoms with Crippen LogP contribution in [0.1, 0.15) is 26.3 Å². The molecule has 0 saturated carbocycles. The minimum absolute atomic E-state index is 0.0875. The average Bonchev–Trinajstić information content (AvgIpc) is 3.20. The van der Waals surface area contributed by atoms with E-state index in [1.165, 1.54) is 11.8 Å². The molecule has 0 N–H and O–H groups in total. The molecule has 27 heavy (non-hydrogen) atoms. The molecule has 2 unspecified atom stereocenters. The first-order valence-electron chi connectivity index (χ1n) is 8.78. The van der Waals surface area contributed by atoms with Crippen molar-refractivity contribution in [1.82, 2.24) is 4.90 Å². The molecule has 1 aromatic rings. The number of aliphatic imine (C=N–C) groups is 1. The maximum Gasteiger partial charge on any atom is 0.253 e. The number of thioether (sulfide) groups is 1. The number of hydrogen-bond donors (Lipinski definition) is 0. The van der Waals surface area contributed by atoms with Crippen molar-refractivity contribution >= 4 is 32.7 Å². The van der Waals surface area contributed by atoms with E-state index in [-0.39, 0.29) is 35.5 Å². The van der Waals surface area contributed by atoms with Crippen molar-refractivity contribution < 1.29 is 22.7 Å². The van der Waals surface area contributed by atoms with Crippen LogP contribution in [0.2, 0.25) is 0 Å². The predicted octanol–water partition coefficient (Wildman–Crippen LogP) is 2.06. The van der Waals surface area contributed by atoms with Gasteiger partial charge in [0, 0.05) is 17.2 Å². The lowest BCUT2D eigenvalue weighted by Gasteiger charge is -2.25. The van der Waals surface area contributed by atoms with Crippen molar-refractivity contribution in [1.29, 1.82) is 0 Å². The van der Waals surface area contributed by atoms with Crippen LogP contribution in [0.15, 0.2) is 23.2 Å². The second-order valence-corrected chi connectivity index (χ2v) is 11.4. The molecular formula is C18H22N2O5S2. The molecule has 0 radical (unpaired) electrons. The Morgan fingerprint density at radius 2 is 2.00 bits per heavy atom. The Labute approximate surface area is 163 Å². The van der Waals surface area contributed by atoms with Gasteiger partial charge in [0.05, 0.1) is 17.5 Å². The Balaban J connectivity index is 1.64. The second kappa shape index (κ2) is 6.41. The Kier molecular flexibility index (Phi) is 4.42. The van der Waals surface area contributed by atoms with Gasteiger partial charge in [0.25, 0.3) is 5.91 Å². The minimum Gasteiger partial charge on any atom is -0.454 e. The summed E-state index contributed by atoms with van der Waals surface area (Å²) < 4.78 is 35.0. The van der Waals surface area contributed by atoms with Crippen LogP contribution in [0.3, 0.4) is 0 Å². The quantitative estimate of drug-likeness (QED) is 0.738. The number of ether oxygens (including phenoxy) is 2. The first-order valence-corrected chi connectivity index (χ1v) is 11.5. The van der Waals surface area contributed by atoms with Crippen molar-refractivity contribution in [3.63, 3.8) is 0 Å². The fourth-order valence-electron chi connectivity index (χ4n) is 3.31. The van der Waals surface area contributed by atoms with E-state index in [0.29, 0.717) is 23.2 Å². The van der Waals surface area contributed by atoms with Crippen molar-refractivity contribution in [3.05, 3.63) is 23.8 Å². The van der Waals surface area contributed by atoms with Gasteiger partial charge in [-0.3, -0.25) is 4.79 Å². The SMILES string of the molecule is CC(C)(C)C(=O)N=C1SC2CS(=O)(=O)CC2N1Cc1ccc2c(c1)OCO2. The van der Waals surface area contributed by atoms with Gasteiger partial charge in [-0.05, 0) is 17.7 Å². The largest absolute Gasteiger partial charge is 0.454 e. The summed E-state index contributed by atoms with van der Waals surface area (Å²) in [6.07, 6.45) is 0. The van der Waals surface area contributed by atoms with Gasteiger partial charge in [-0.1, -0.05) is 38.6 Å². The van der Waals surface area contributed by atoms with E-state index >= 15 is 0 Å². The Hall–Kier alpha value is -1.74. The molecule has 1 amide bonds. The van der Waals surface area contributed by atoms with Crippen LogP contribution < -0.4 is 9.47 Å². The highest BCUT2D eigenvalue weighted by Crippen LogP contribution is 2.40. The van der Waals surface area contributed by atoms with Gasteiger partial charge in [0.2, 0.25) is 6.79 Å². The molecule has 3 aliphatic heterocycles. The Morgan fingerprint density at radius 3 is 2.74 bits per heavy atom. The highest BCUT2D eigenvalue weighted by Gasteiger charge is 2.49. The van der Waals surface area contributed by atoms with E-state index < -0.39 is 15.3 Å². The van der Waals surface area contributed by atoms with Crippen molar-refractivity contribution in [2.24, 2.45) is 10.4 Å². The van der Waals surface area contributed by atoms with E-state index in [2.05, 4.69) is 4.99 Å². The zero-order valence-electron chi connectivity index (χ0n) is 15.5. The monoisotopic (exact) mass is 410 g/mol. The lowest BCUT2D eigenvalue weighted by Crippen LogP contribution is -2.37. The average molecular weight is 411 g/mol. The molecule has 9 heteroatoms. The summed E-state index contributed by atoms with van der Waals surface area (Å²) in [5, 5.41) is 0.521. The van der Waals surface area contributed by atoms with Crippen LogP contribution in [0.25, 0.3) is 0 Å². The van der Waals surface area contributed by atoms with Gasteiger partial charge in [-0.25, -0.2) is 8.42 Å². The Bertz CT molecular complexity index is 920. The number of sulfone groups is 1. The molecule has 2 atom stereocenters. The third-order valence-corrected chi connectivity index (χ3v) is 8.05. The summed E-state index contributed by atoms with van der Waals surface area (Å²) in [5.74, 6) is 1.40. The number of benzene rings is 1. The first kappa shape index (κ1) is 18.6. The smallest absolute Gasteiger partial charge is 0.253 e. The fraction of sp³-hybridized carbons (Fsp3) is 0.556. The maximum atomic E-state index is 12.4. The van der Waals surface area contributed by atoms with Gasteiger partial charge in [-0.2, -0.15) is 4.99 Å². The number of fused-ring (bicyclic) bond motifs is 2. The van der Waals surface area contributed by atoms with E-state index in [0.717, 1.165) is 5.56 Å². The zero-order valence-corrected chi connectivity index (χ0v) is 17.1. The summed E-state index contributed by atoms with van der Waals surface area (Å²) in [4.78, 5) is 18.7. The van der Waals surface area contributed by atoms with Crippen LogP contribution in [-0.2, 0) is 21.2 Å². The standard InChI is InChI=1S/C18H22N2O5S2/c1-18(2,3)16(21)19-17-20(12-8-27(22,23)9-15(12)26-17)7-11-4-5-13-14(6-11)25-10-24-13/h4-6,12,15H,7-10H2,1-3H3. The summed E-state index contributed by atoms with van der Waals surface area (Å²) in [7, 11) is -3.07. The number of amides is 1. The van der Waals surface area contributed by atoms with Crippen molar-refractivity contribution in [2.75, 3.05) is 18.3 Å². The summed E-state index contributed by atoms with van der Waals surface area (Å²) in [6.45, 7) is 6.15.